The van der Waals surface area contributed by atoms with Crippen LogP contribution < -0.4 is 5.32 Å². The van der Waals surface area contributed by atoms with Crippen LogP contribution >= 0.6 is 11.8 Å². The fourth-order valence-corrected chi connectivity index (χ4v) is 3.67. The van der Waals surface area contributed by atoms with Crippen LogP contribution in [-0.2, 0) is 0 Å². The summed E-state index contributed by atoms with van der Waals surface area (Å²) in [4.78, 5) is 0.737. The Kier molecular flexibility index (Phi) is 4.02. The molecule has 0 bridgehead atoms. The Balaban J connectivity index is 2.25. The minimum absolute atomic E-state index is 0.0774. The maximum Gasteiger partial charge on any atom is 0.137 e. The number of halogens is 1. The van der Waals surface area contributed by atoms with E-state index in [0.29, 0.717) is 12.0 Å². The van der Waals surface area contributed by atoms with Crippen LogP contribution in [0.25, 0.3) is 0 Å². The maximum absolute atomic E-state index is 13.9. The summed E-state index contributed by atoms with van der Waals surface area (Å²) in [6, 6.07) is 6.30. The van der Waals surface area contributed by atoms with Crippen molar-refractivity contribution in [2.45, 2.75) is 43.5 Å². The van der Waals surface area contributed by atoms with Gasteiger partial charge in [0.05, 0.1) is 0 Å². The molecule has 2 rings (SSSR count). The van der Waals surface area contributed by atoms with Gasteiger partial charge in [-0.15, -0.1) is 11.8 Å². The molecular weight excluding hydrogens is 245 g/mol. The molecule has 0 radical (unpaired) electrons. The molecule has 1 fully saturated rings. The third kappa shape index (κ3) is 2.08. The average Bonchev–Trinajstić information content (AvgIpc) is 2.37. The molecule has 1 N–H and O–H groups in total. The predicted molar refractivity (Wildman–Crippen MR) is 76.8 cm³/mol. The molecule has 100 valence electrons. The summed E-state index contributed by atoms with van der Waals surface area (Å²) in [7, 11) is 2.02. The van der Waals surface area contributed by atoms with E-state index in [4.69, 9.17) is 0 Å². The zero-order valence-electron chi connectivity index (χ0n) is 11.6. The van der Waals surface area contributed by atoms with Gasteiger partial charge in [-0.1, -0.05) is 19.9 Å². The average molecular weight is 267 g/mol. The van der Waals surface area contributed by atoms with Crippen molar-refractivity contribution in [3.63, 3.8) is 0 Å². The van der Waals surface area contributed by atoms with Crippen LogP contribution in [0.15, 0.2) is 23.1 Å². The number of nitrogens with one attached hydrogen (secondary N) is 1. The Morgan fingerprint density at radius 2 is 2.22 bits per heavy atom. The zero-order valence-corrected chi connectivity index (χ0v) is 12.4. The van der Waals surface area contributed by atoms with E-state index in [2.05, 4.69) is 25.2 Å². The smallest absolute Gasteiger partial charge is 0.137 e. The quantitative estimate of drug-likeness (QED) is 0.826. The molecule has 0 heterocycles. The fourth-order valence-electron chi connectivity index (χ4n) is 3.21. The minimum atomic E-state index is -0.0774. The second-order valence-electron chi connectivity index (χ2n) is 5.38. The highest BCUT2D eigenvalue weighted by Crippen LogP contribution is 2.54. The molecule has 0 saturated heterocycles. The lowest BCUT2D eigenvalue weighted by Gasteiger charge is -2.54. The van der Waals surface area contributed by atoms with Gasteiger partial charge < -0.3 is 5.32 Å². The lowest BCUT2D eigenvalue weighted by atomic mass is 9.54. The largest absolute Gasteiger partial charge is 0.316 e. The van der Waals surface area contributed by atoms with Crippen LogP contribution in [0.3, 0.4) is 0 Å². The second-order valence-corrected chi connectivity index (χ2v) is 6.23. The van der Waals surface area contributed by atoms with Gasteiger partial charge in [0.25, 0.3) is 0 Å². The Hall–Kier alpha value is -0.540. The molecule has 0 amide bonds. The van der Waals surface area contributed by atoms with Gasteiger partial charge in [-0.3, -0.25) is 0 Å². The van der Waals surface area contributed by atoms with Gasteiger partial charge in [-0.25, -0.2) is 4.39 Å². The topological polar surface area (TPSA) is 12.0 Å². The van der Waals surface area contributed by atoms with E-state index in [1.165, 1.54) is 11.8 Å². The van der Waals surface area contributed by atoms with Crippen molar-refractivity contribution in [3.8, 4) is 0 Å². The molecule has 3 atom stereocenters. The van der Waals surface area contributed by atoms with Crippen molar-refractivity contribution in [1.82, 2.24) is 5.32 Å². The summed E-state index contributed by atoms with van der Waals surface area (Å²) in [5, 5.41) is 3.38. The number of thioether (sulfide) groups is 1. The van der Waals surface area contributed by atoms with Crippen LogP contribution in [0.2, 0.25) is 0 Å². The highest BCUT2D eigenvalue weighted by Gasteiger charge is 2.50. The predicted octanol–water partition coefficient (Wildman–Crippen LogP) is 4.04. The van der Waals surface area contributed by atoms with E-state index in [-0.39, 0.29) is 11.2 Å². The van der Waals surface area contributed by atoms with Gasteiger partial charge >= 0.3 is 0 Å². The van der Waals surface area contributed by atoms with E-state index in [1.54, 1.807) is 6.07 Å². The summed E-state index contributed by atoms with van der Waals surface area (Å²) >= 11 is 1.46. The van der Waals surface area contributed by atoms with Gasteiger partial charge in [0.2, 0.25) is 0 Å². The highest BCUT2D eigenvalue weighted by atomic mass is 32.2. The first-order valence-electron chi connectivity index (χ1n) is 6.57. The molecular formula is C15H22FNS. The molecule has 1 aliphatic carbocycles. The molecule has 18 heavy (non-hydrogen) atoms. The molecule has 0 aliphatic heterocycles. The second kappa shape index (κ2) is 5.22. The molecule has 3 heteroatoms. The third-order valence-corrected chi connectivity index (χ3v) is 5.52. The van der Waals surface area contributed by atoms with Gasteiger partial charge in [-0.2, -0.15) is 0 Å². The number of hydrogen-bond acceptors (Lipinski definition) is 2. The van der Waals surface area contributed by atoms with Crippen LogP contribution in [-0.4, -0.2) is 19.3 Å². The van der Waals surface area contributed by atoms with Gasteiger partial charge in [-0.05, 0) is 55.2 Å². The highest BCUT2D eigenvalue weighted by molar-refractivity contribution is 7.98. The molecule has 3 unspecified atom stereocenters. The Bertz CT molecular complexity index is 435. The molecule has 0 spiro atoms. The first kappa shape index (κ1) is 13.9. The molecule has 0 aromatic heterocycles. The molecule has 1 saturated carbocycles. The Morgan fingerprint density at radius 1 is 1.50 bits per heavy atom. The van der Waals surface area contributed by atoms with Crippen molar-refractivity contribution in [2.75, 3.05) is 13.3 Å². The summed E-state index contributed by atoms with van der Waals surface area (Å²) < 4.78 is 13.9. The Morgan fingerprint density at radius 3 is 2.72 bits per heavy atom. The molecule has 1 aromatic rings. The van der Waals surface area contributed by atoms with E-state index >= 15 is 0 Å². The van der Waals surface area contributed by atoms with Crippen molar-refractivity contribution in [2.24, 2.45) is 5.41 Å². The summed E-state index contributed by atoms with van der Waals surface area (Å²) in [6.07, 6.45) is 4.14. The normalized spacial score (nSPS) is 31.2. The van der Waals surface area contributed by atoms with Gasteiger partial charge in [0.15, 0.2) is 0 Å². The number of benzene rings is 1. The summed E-state index contributed by atoms with van der Waals surface area (Å²) in [5.41, 5.74) is 1.41. The van der Waals surface area contributed by atoms with Crippen LogP contribution in [0.5, 0.6) is 0 Å². The van der Waals surface area contributed by atoms with Crippen molar-refractivity contribution < 1.29 is 4.39 Å². The lowest BCUT2D eigenvalue weighted by Crippen LogP contribution is -2.55. The molecule has 1 nitrogen and oxygen atoms in total. The van der Waals surface area contributed by atoms with Gasteiger partial charge in [0.1, 0.15) is 5.82 Å². The minimum Gasteiger partial charge on any atom is -0.316 e. The summed E-state index contributed by atoms with van der Waals surface area (Å²) in [6.45, 7) is 4.53. The van der Waals surface area contributed by atoms with Crippen molar-refractivity contribution in [1.29, 1.82) is 0 Å². The Labute approximate surface area is 114 Å². The fraction of sp³-hybridized carbons (Fsp3) is 0.600. The van der Waals surface area contributed by atoms with E-state index in [9.17, 15) is 4.39 Å². The zero-order chi connectivity index (χ0) is 13.3. The van der Waals surface area contributed by atoms with Crippen LogP contribution in [0.4, 0.5) is 4.39 Å². The summed E-state index contributed by atoms with van der Waals surface area (Å²) in [5.74, 6) is 0.400. The maximum atomic E-state index is 13.9. The third-order valence-electron chi connectivity index (χ3n) is 4.75. The van der Waals surface area contributed by atoms with Crippen molar-refractivity contribution >= 4 is 11.8 Å². The van der Waals surface area contributed by atoms with E-state index < -0.39 is 0 Å². The number of rotatable bonds is 4. The monoisotopic (exact) mass is 267 g/mol. The van der Waals surface area contributed by atoms with E-state index in [1.807, 2.05) is 19.4 Å². The first-order chi connectivity index (χ1) is 8.56. The van der Waals surface area contributed by atoms with Crippen molar-refractivity contribution in [3.05, 3.63) is 29.6 Å². The lowest BCUT2D eigenvalue weighted by molar-refractivity contribution is 0.0493. The SMILES string of the molecule is CCC1(C)C(NC)CC1c1ccc(SC)c(F)c1. The van der Waals surface area contributed by atoms with Crippen LogP contribution in [0, 0.1) is 11.2 Å². The standard InChI is InChI=1S/C15H22FNS/c1-5-15(2)11(9-14(15)17-3)10-6-7-13(18-4)12(16)8-10/h6-8,11,14,17H,5,9H2,1-4H3. The number of hydrogen-bond donors (Lipinski definition) is 1. The van der Waals surface area contributed by atoms with Crippen LogP contribution in [0.1, 0.15) is 38.2 Å². The molecule has 1 aromatic carbocycles. The first-order valence-corrected chi connectivity index (χ1v) is 7.80. The van der Waals surface area contributed by atoms with Gasteiger partial charge in [0, 0.05) is 10.9 Å². The molecule has 1 aliphatic rings. The van der Waals surface area contributed by atoms with E-state index in [0.717, 1.165) is 23.3 Å².